The molecule has 0 amide bonds. The Morgan fingerprint density at radius 3 is 2.94 bits per heavy atom. The zero-order valence-electron chi connectivity index (χ0n) is 9.61. The van der Waals surface area contributed by atoms with Crippen molar-refractivity contribution in [2.45, 2.75) is 31.6 Å². The maximum atomic E-state index is 10.8. The number of aromatic nitrogens is 1. The number of carbonyl (C=O) groups is 1. The van der Waals surface area contributed by atoms with Gasteiger partial charge in [-0.25, -0.2) is 9.78 Å². The van der Waals surface area contributed by atoms with E-state index in [0.29, 0.717) is 10.8 Å². The van der Waals surface area contributed by atoms with Crippen LogP contribution in [0, 0.1) is 0 Å². The standard InChI is InChI=1S/C11H12N4O2S/c12-15-14-9(11(16)17)5-8-6-13-10(18-8)7-3-1-2-4-7/h5-7H,1-4H2,(H,16,17)/b9-5-. The lowest BCUT2D eigenvalue weighted by Gasteiger charge is -2.01. The van der Waals surface area contributed by atoms with E-state index in [2.05, 4.69) is 15.0 Å². The molecule has 0 aliphatic heterocycles. The summed E-state index contributed by atoms with van der Waals surface area (Å²) in [5.74, 6) is -0.728. The summed E-state index contributed by atoms with van der Waals surface area (Å²) in [6.45, 7) is 0. The Labute approximate surface area is 108 Å². The van der Waals surface area contributed by atoms with Crippen molar-refractivity contribution in [3.05, 3.63) is 32.2 Å². The van der Waals surface area contributed by atoms with E-state index >= 15 is 0 Å². The van der Waals surface area contributed by atoms with Crippen molar-refractivity contribution in [1.29, 1.82) is 0 Å². The summed E-state index contributed by atoms with van der Waals surface area (Å²) in [4.78, 5) is 18.3. The molecule has 1 aromatic heterocycles. The zero-order valence-corrected chi connectivity index (χ0v) is 10.4. The van der Waals surface area contributed by atoms with Gasteiger partial charge < -0.3 is 5.11 Å². The Morgan fingerprint density at radius 1 is 1.61 bits per heavy atom. The molecule has 0 saturated heterocycles. The highest BCUT2D eigenvalue weighted by Gasteiger charge is 2.20. The molecule has 6 nitrogen and oxygen atoms in total. The Kier molecular flexibility index (Phi) is 3.96. The van der Waals surface area contributed by atoms with E-state index in [1.165, 1.54) is 30.3 Å². The first-order valence-electron chi connectivity index (χ1n) is 5.66. The van der Waals surface area contributed by atoms with Crippen LogP contribution >= 0.6 is 11.3 Å². The van der Waals surface area contributed by atoms with Crippen LogP contribution in [-0.2, 0) is 4.79 Å². The molecule has 18 heavy (non-hydrogen) atoms. The Morgan fingerprint density at radius 2 is 2.33 bits per heavy atom. The predicted octanol–water partition coefficient (Wildman–Crippen LogP) is 3.54. The molecule has 2 rings (SSSR count). The van der Waals surface area contributed by atoms with Crippen LogP contribution in [-0.4, -0.2) is 16.1 Å². The van der Waals surface area contributed by atoms with E-state index in [1.54, 1.807) is 6.20 Å². The number of aliphatic carboxylic acids is 1. The smallest absolute Gasteiger partial charge is 0.338 e. The van der Waals surface area contributed by atoms with Crippen LogP contribution in [0.4, 0.5) is 0 Å². The molecule has 1 aliphatic rings. The minimum absolute atomic E-state index is 0.306. The normalized spacial score (nSPS) is 16.6. The summed E-state index contributed by atoms with van der Waals surface area (Å²) >= 11 is 1.47. The van der Waals surface area contributed by atoms with E-state index in [9.17, 15) is 4.79 Å². The van der Waals surface area contributed by atoms with Gasteiger partial charge in [0.15, 0.2) is 0 Å². The third kappa shape index (κ3) is 2.88. The fraction of sp³-hybridized carbons (Fsp3) is 0.455. The molecule has 7 heteroatoms. The van der Waals surface area contributed by atoms with Crippen molar-refractivity contribution >= 4 is 23.4 Å². The molecular formula is C11H12N4O2S. The lowest BCUT2D eigenvalue weighted by Crippen LogP contribution is -1.95. The van der Waals surface area contributed by atoms with Crippen LogP contribution in [0.3, 0.4) is 0 Å². The minimum atomic E-state index is -1.23. The Balaban J connectivity index is 2.20. The second-order valence-corrected chi connectivity index (χ2v) is 5.20. The molecule has 1 aromatic rings. The Bertz CT molecular complexity index is 521. The Hall–Kier alpha value is -1.85. The van der Waals surface area contributed by atoms with Crippen molar-refractivity contribution in [2.24, 2.45) is 5.11 Å². The second kappa shape index (κ2) is 5.66. The highest BCUT2D eigenvalue weighted by molar-refractivity contribution is 7.12. The summed E-state index contributed by atoms with van der Waals surface area (Å²) in [5, 5.41) is 13.0. The van der Waals surface area contributed by atoms with Gasteiger partial charge >= 0.3 is 5.97 Å². The molecule has 1 fully saturated rings. The quantitative estimate of drug-likeness (QED) is 0.389. The van der Waals surface area contributed by atoms with Crippen molar-refractivity contribution < 1.29 is 9.90 Å². The van der Waals surface area contributed by atoms with Crippen LogP contribution in [0.25, 0.3) is 16.5 Å². The van der Waals surface area contributed by atoms with Crippen molar-refractivity contribution in [2.75, 3.05) is 0 Å². The second-order valence-electron chi connectivity index (χ2n) is 4.11. The maximum Gasteiger partial charge on any atom is 0.338 e. The molecule has 0 aromatic carbocycles. The van der Waals surface area contributed by atoms with Gasteiger partial charge in [0.2, 0.25) is 0 Å². The summed E-state index contributed by atoms with van der Waals surface area (Å²) < 4.78 is 0. The molecule has 1 heterocycles. The highest BCUT2D eigenvalue weighted by atomic mass is 32.1. The van der Waals surface area contributed by atoms with Gasteiger partial charge in [-0.05, 0) is 24.4 Å². The third-order valence-electron chi connectivity index (χ3n) is 2.90. The molecule has 0 atom stereocenters. The number of nitrogens with zero attached hydrogens (tertiary/aromatic N) is 4. The molecular weight excluding hydrogens is 252 g/mol. The minimum Gasteiger partial charge on any atom is -0.478 e. The van der Waals surface area contributed by atoms with Gasteiger partial charge in [0, 0.05) is 21.9 Å². The van der Waals surface area contributed by atoms with Crippen LogP contribution in [0.2, 0.25) is 0 Å². The van der Waals surface area contributed by atoms with Gasteiger partial charge in [0.05, 0.1) is 5.01 Å². The fourth-order valence-electron chi connectivity index (χ4n) is 2.05. The van der Waals surface area contributed by atoms with Crippen molar-refractivity contribution in [3.8, 4) is 0 Å². The lowest BCUT2D eigenvalue weighted by molar-refractivity contribution is -0.132. The van der Waals surface area contributed by atoms with Gasteiger partial charge in [-0.15, -0.1) is 11.3 Å². The SMILES string of the molecule is [N-]=[N+]=N/C(=C\c1cnc(C2CCCC2)s1)C(=O)O. The summed E-state index contributed by atoms with van der Waals surface area (Å²) in [7, 11) is 0. The molecule has 94 valence electrons. The van der Waals surface area contributed by atoms with Gasteiger partial charge in [0.1, 0.15) is 5.70 Å². The van der Waals surface area contributed by atoms with Gasteiger partial charge in [-0.2, -0.15) is 0 Å². The van der Waals surface area contributed by atoms with Gasteiger partial charge in [0.25, 0.3) is 0 Å². The monoisotopic (exact) mass is 264 g/mol. The van der Waals surface area contributed by atoms with E-state index < -0.39 is 5.97 Å². The van der Waals surface area contributed by atoms with Crippen molar-refractivity contribution in [3.63, 3.8) is 0 Å². The first-order chi connectivity index (χ1) is 8.70. The topological polar surface area (TPSA) is 99.0 Å². The average molecular weight is 264 g/mol. The number of thiazole rings is 1. The number of hydrogen-bond donors (Lipinski definition) is 1. The summed E-state index contributed by atoms with van der Waals surface area (Å²) in [6, 6.07) is 0. The molecule has 1 N–H and O–H groups in total. The van der Waals surface area contributed by atoms with E-state index in [0.717, 1.165) is 17.8 Å². The van der Waals surface area contributed by atoms with Gasteiger partial charge in [-0.1, -0.05) is 18.0 Å². The first-order valence-corrected chi connectivity index (χ1v) is 6.48. The van der Waals surface area contributed by atoms with Crippen LogP contribution in [0.15, 0.2) is 17.0 Å². The number of carboxylic acid groups (broad SMARTS) is 1. The largest absolute Gasteiger partial charge is 0.478 e. The summed E-state index contributed by atoms with van der Waals surface area (Å²) in [6.07, 6.45) is 7.76. The third-order valence-corrected chi connectivity index (χ3v) is 4.00. The molecule has 0 unspecified atom stereocenters. The molecule has 0 spiro atoms. The molecule has 1 aliphatic carbocycles. The number of azide groups is 1. The van der Waals surface area contributed by atoms with Crippen LogP contribution in [0.5, 0.6) is 0 Å². The average Bonchev–Trinajstić information content (AvgIpc) is 2.98. The van der Waals surface area contributed by atoms with Crippen LogP contribution in [0.1, 0.15) is 41.5 Å². The predicted molar refractivity (Wildman–Crippen MR) is 68.1 cm³/mol. The van der Waals surface area contributed by atoms with Gasteiger partial charge in [-0.3, -0.25) is 0 Å². The van der Waals surface area contributed by atoms with E-state index in [1.807, 2.05) is 0 Å². The molecule has 0 bridgehead atoms. The van der Waals surface area contributed by atoms with E-state index in [4.69, 9.17) is 10.6 Å². The summed E-state index contributed by atoms with van der Waals surface area (Å²) in [5.41, 5.74) is 7.98. The van der Waals surface area contributed by atoms with E-state index in [-0.39, 0.29) is 5.70 Å². The number of rotatable bonds is 4. The lowest BCUT2D eigenvalue weighted by atomic mass is 10.1. The van der Waals surface area contributed by atoms with Crippen LogP contribution < -0.4 is 0 Å². The zero-order chi connectivity index (χ0) is 13.0. The molecule has 0 radical (unpaired) electrons. The first kappa shape index (κ1) is 12.6. The number of hydrogen-bond acceptors (Lipinski definition) is 4. The number of carboxylic acids is 1. The fourth-order valence-corrected chi connectivity index (χ4v) is 3.07. The highest BCUT2D eigenvalue weighted by Crippen LogP contribution is 2.36. The van der Waals surface area contributed by atoms with Crippen molar-refractivity contribution in [1.82, 2.24) is 4.98 Å². The molecule has 1 saturated carbocycles. The maximum absolute atomic E-state index is 10.8.